The molecular formula is C17H19Cl2NO5. The number of carbonyl (C=O) groups is 3. The molecule has 1 rings (SSSR count). The van der Waals surface area contributed by atoms with Gasteiger partial charge in [0.15, 0.2) is 5.92 Å². The minimum Gasteiger partial charge on any atom is -0.462 e. The minimum atomic E-state index is -1.17. The number of halogens is 2. The third-order valence-corrected chi connectivity index (χ3v) is 3.65. The molecule has 1 aromatic carbocycles. The molecular weight excluding hydrogens is 369 g/mol. The van der Waals surface area contributed by atoms with E-state index in [9.17, 15) is 14.4 Å². The summed E-state index contributed by atoms with van der Waals surface area (Å²) in [6.45, 7) is 6.42. The molecule has 0 aliphatic rings. The van der Waals surface area contributed by atoms with Crippen LogP contribution in [0.15, 0.2) is 17.1 Å². The fraction of sp³-hybridized carbons (Fsp3) is 0.412. The molecule has 0 bridgehead atoms. The van der Waals surface area contributed by atoms with Gasteiger partial charge in [-0.3, -0.25) is 14.6 Å². The molecule has 0 amide bonds. The SMILES string of the molecule is CCOC(=O)c1c(Cl)ccc(N=CC(C(C)=O)C(=O)OC(C)C)c1Cl. The molecule has 0 N–H and O–H groups in total. The number of ketones is 1. The maximum Gasteiger partial charge on any atom is 0.341 e. The van der Waals surface area contributed by atoms with E-state index in [4.69, 9.17) is 32.7 Å². The van der Waals surface area contributed by atoms with E-state index in [2.05, 4.69) is 4.99 Å². The van der Waals surface area contributed by atoms with Crippen LogP contribution in [-0.4, -0.2) is 36.6 Å². The maximum absolute atomic E-state index is 12.0. The van der Waals surface area contributed by atoms with Gasteiger partial charge in [0.1, 0.15) is 5.78 Å². The fourth-order valence-electron chi connectivity index (χ4n) is 1.82. The first-order valence-electron chi connectivity index (χ1n) is 7.59. The highest BCUT2D eigenvalue weighted by Crippen LogP contribution is 2.34. The number of hydrogen-bond donors (Lipinski definition) is 0. The Bertz CT molecular complexity index is 701. The van der Waals surface area contributed by atoms with Gasteiger partial charge in [-0.15, -0.1) is 0 Å². The molecule has 136 valence electrons. The van der Waals surface area contributed by atoms with Crippen LogP contribution in [-0.2, 0) is 19.1 Å². The summed E-state index contributed by atoms with van der Waals surface area (Å²) in [6, 6.07) is 2.90. The van der Waals surface area contributed by atoms with Gasteiger partial charge in [-0.2, -0.15) is 0 Å². The summed E-state index contributed by atoms with van der Waals surface area (Å²) in [6.07, 6.45) is 0.772. The van der Waals surface area contributed by atoms with Crippen molar-refractivity contribution in [2.24, 2.45) is 10.9 Å². The normalized spacial score (nSPS) is 12.3. The summed E-state index contributed by atoms with van der Waals surface area (Å²) in [4.78, 5) is 39.6. The van der Waals surface area contributed by atoms with E-state index >= 15 is 0 Å². The van der Waals surface area contributed by atoms with Crippen molar-refractivity contribution in [1.29, 1.82) is 0 Å². The van der Waals surface area contributed by atoms with Gasteiger partial charge in [-0.25, -0.2) is 4.79 Å². The average molecular weight is 388 g/mol. The zero-order valence-electron chi connectivity index (χ0n) is 14.3. The van der Waals surface area contributed by atoms with E-state index in [0.29, 0.717) is 0 Å². The van der Waals surface area contributed by atoms with Crippen LogP contribution in [0.3, 0.4) is 0 Å². The van der Waals surface area contributed by atoms with Gasteiger partial charge in [-0.1, -0.05) is 23.2 Å². The number of esters is 2. The average Bonchev–Trinajstić information content (AvgIpc) is 2.48. The standard InChI is InChI=1S/C17H19Cl2NO5/c1-5-24-17(23)14-12(18)6-7-13(15(14)19)20-8-11(10(4)21)16(22)25-9(2)3/h6-9,11H,5H2,1-4H3. The minimum absolute atomic E-state index is 0.0241. The van der Waals surface area contributed by atoms with Crippen molar-refractivity contribution in [2.45, 2.75) is 33.8 Å². The molecule has 0 saturated carbocycles. The first-order valence-corrected chi connectivity index (χ1v) is 8.34. The Morgan fingerprint density at radius 3 is 2.40 bits per heavy atom. The van der Waals surface area contributed by atoms with E-state index in [1.807, 2.05) is 0 Å². The highest BCUT2D eigenvalue weighted by Gasteiger charge is 2.24. The lowest BCUT2D eigenvalue weighted by Gasteiger charge is -2.12. The summed E-state index contributed by atoms with van der Waals surface area (Å²) >= 11 is 12.2. The largest absolute Gasteiger partial charge is 0.462 e. The first kappa shape index (κ1) is 21.1. The van der Waals surface area contributed by atoms with E-state index in [0.717, 1.165) is 6.21 Å². The maximum atomic E-state index is 12.0. The van der Waals surface area contributed by atoms with Crippen molar-refractivity contribution >= 4 is 52.8 Å². The number of Topliss-reactive ketones (excluding diaryl/α,β-unsaturated/α-hetero) is 1. The second-order valence-electron chi connectivity index (χ2n) is 5.33. The van der Waals surface area contributed by atoms with Gasteiger partial charge in [0.2, 0.25) is 0 Å². The summed E-state index contributed by atoms with van der Waals surface area (Å²) in [5, 5.41) is 0.0893. The van der Waals surface area contributed by atoms with Gasteiger partial charge >= 0.3 is 11.9 Å². The molecule has 0 saturated heterocycles. The Labute approximate surface area is 156 Å². The second-order valence-corrected chi connectivity index (χ2v) is 6.11. The lowest BCUT2D eigenvalue weighted by atomic mass is 10.1. The highest BCUT2D eigenvalue weighted by molar-refractivity contribution is 6.41. The Kier molecular flexibility index (Phi) is 8.06. The van der Waals surface area contributed by atoms with Crippen LogP contribution in [0.1, 0.15) is 38.1 Å². The third kappa shape index (κ3) is 5.83. The van der Waals surface area contributed by atoms with Crippen molar-refractivity contribution in [3.05, 3.63) is 27.7 Å². The van der Waals surface area contributed by atoms with Gasteiger partial charge in [0.05, 0.1) is 34.0 Å². The van der Waals surface area contributed by atoms with Gasteiger partial charge < -0.3 is 9.47 Å². The van der Waals surface area contributed by atoms with Gasteiger partial charge in [-0.05, 0) is 39.8 Å². The Morgan fingerprint density at radius 2 is 1.88 bits per heavy atom. The van der Waals surface area contributed by atoms with Gasteiger partial charge in [0.25, 0.3) is 0 Å². The molecule has 0 aliphatic heterocycles. The lowest BCUT2D eigenvalue weighted by Crippen LogP contribution is -2.27. The smallest absolute Gasteiger partial charge is 0.341 e. The van der Waals surface area contributed by atoms with Crippen molar-refractivity contribution in [3.8, 4) is 0 Å². The van der Waals surface area contributed by atoms with E-state index in [-0.39, 0.29) is 34.0 Å². The number of ether oxygens (including phenoxy) is 2. The molecule has 0 fully saturated rings. The van der Waals surface area contributed by atoms with Crippen LogP contribution in [0.5, 0.6) is 0 Å². The quantitative estimate of drug-likeness (QED) is 0.400. The molecule has 1 unspecified atom stereocenters. The number of carbonyl (C=O) groups excluding carboxylic acids is 3. The van der Waals surface area contributed by atoms with Crippen LogP contribution in [0.25, 0.3) is 0 Å². The predicted octanol–water partition coefficient (Wildman–Crippen LogP) is 4.03. The van der Waals surface area contributed by atoms with Crippen molar-refractivity contribution in [1.82, 2.24) is 0 Å². The van der Waals surface area contributed by atoms with E-state index in [1.54, 1.807) is 20.8 Å². The van der Waals surface area contributed by atoms with Crippen molar-refractivity contribution < 1.29 is 23.9 Å². The topological polar surface area (TPSA) is 82.0 Å². The van der Waals surface area contributed by atoms with Gasteiger partial charge in [0, 0.05) is 6.21 Å². The molecule has 0 aromatic heterocycles. The third-order valence-electron chi connectivity index (χ3n) is 2.96. The lowest BCUT2D eigenvalue weighted by molar-refractivity contribution is -0.151. The van der Waals surface area contributed by atoms with Crippen LogP contribution < -0.4 is 0 Å². The molecule has 0 heterocycles. The number of benzene rings is 1. The first-order chi connectivity index (χ1) is 11.7. The number of aliphatic imine (C=N–C) groups is 1. The Hall–Kier alpha value is -1.92. The summed E-state index contributed by atoms with van der Waals surface area (Å²) in [7, 11) is 0. The van der Waals surface area contributed by atoms with Crippen LogP contribution in [0.4, 0.5) is 5.69 Å². The Morgan fingerprint density at radius 1 is 1.24 bits per heavy atom. The van der Waals surface area contributed by atoms with Crippen LogP contribution >= 0.6 is 23.2 Å². The molecule has 6 nitrogen and oxygen atoms in total. The monoisotopic (exact) mass is 387 g/mol. The molecule has 8 heteroatoms. The van der Waals surface area contributed by atoms with Crippen LogP contribution in [0, 0.1) is 5.92 Å². The summed E-state index contributed by atoms with van der Waals surface area (Å²) in [5.41, 5.74) is 0.154. The molecule has 0 spiro atoms. The highest BCUT2D eigenvalue weighted by atomic mass is 35.5. The summed E-state index contributed by atoms with van der Waals surface area (Å²) < 4.78 is 9.93. The van der Waals surface area contributed by atoms with Crippen molar-refractivity contribution in [2.75, 3.05) is 6.61 Å². The molecule has 0 aliphatic carbocycles. The van der Waals surface area contributed by atoms with Crippen LogP contribution in [0.2, 0.25) is 10.0 Å². The fourth-order valence-corrected chi connectivity index (χ4v) is 2.40. The molecule has 1 atom stereocenters. The summed E-state index contributed by atoms with van der Waals surface area (Å²) in [5.74, 6) is -2.98. The van der Waals surface area contributed by atoms with Crippen molar-refractivity contribution in [3.63, 3.8) is 0 Å². The second kappa shape index (κ2) is 9.53. The number of hydrogen-bond acceptors (Lipinski definition) is 6. The van der Waals surface area contributed by atoms with E-state index in [1.165, 1.54) is 19.1 Å². The molecule has 0 radical (unpaired) electrons. The predicted molar refractivity (Wildman–Crippen MR) is 96.0 cm³/mol. The molecule has 1 aromatic rings. The van der Waals surface area contributed by atoms with E-state index < -0.39 is 23.6 Å². The zero-order chi connectivity index (χ0) is 19.1. The Balaban J connectivity index is 3.18. The number of rotatable bonds is 7. The zero-order valence-corrected chi connectivity index (χ0v) is 15.9. The number of nitrogens with zero attached hydrogens (tertiary/aromatic N) is 1. The molecule has 25 heavy (non-hydrogen) atoms.